The van der Waals surface area contributed by atoms with Gasteiger partial charge >= 0.3 is 0 Å². The fourth-order valence-corrected chi connectivity index (χ4v) is 1.93. The van der Waals surface area contributed by atoms with Gasteiger partial charge in [-0.15, -0.1) is 0 Å². The van der Waals surface area contributed by atoms with Crippen molar-refractivity contribution in [3.8, 4) is 6.07 Å². The fraction of sp³-hybridized carbons (Fsp3) is 0.400. The highest BCUT2D eigenvalue weighted by Crippen LogP contribution is 2.27. The summed E-state index contributed by atoms with van der Waals surface area (Å²) in [7, 11) is 0. The van der Waals surface area contributed by atoms with E-state index in [9.17, 15) is 9.65 Å². The van der Waals surface area contributed by atoms with E-state index in [1.165, 1.54) is 6.07 Å². The summed E-state index contributed by atoms with van der Waals surface area (Å²) in [6.07, 6.45) is 3.30. The Balaban J connectivity index is 3.26. The number of rotatable bonds is 5. The molecule has 17 heavy (non-hydrogen) atoms. The maximum Gasteiger partial charge on any atom is 0.130 e. The number of benzene rings is 1. The summed E-state index contributed by atoms with van der Waals surface area (Å²) >= 11 is 0. The molecule has 1 aromatic rings. The molecule has 0 heterocycles. The van der Waals surface area contributed by atoms with Crippen LogP contribution < -0.4 is 0 Å². The second-order valence-corrected chi connectivity index (χ2v) is 4.05. The molecule has 0 unspecified atom stereocenters. The van der Waals surface area contributed by atoms with E-state index in [1.807, 2.05) is 19.9 Å². The van der Waals surface area contributed by atoms with E-state index < -0.39 is 0 Å². The number of hydrogen-bond acceptors (Lipinski definition) is 1. The summed E-state index contributed by atoms with van der Waals surface area (Å²) in [5.41, 5.74) is 2.17. The predicted molar refractivity (Wildman–Crippen MR) is 68.7 cm³/mol. The largest absolute Gasteiger partial charge is 0.206 e. The van der Waals surface area contributed by atoms with Gasteiger partial charge in [0, 0.05) is 11.1 Å². The average molecular weight is 231 g/mol. The second kappa shape index (κ2) is 6.85. The van der Waals surface area contributed by atoms with Gasteiger partial charge in [-0.2, -0.15) is 5.26 Å². The van der Waals surface area contributed by atoms with Crippen molar-refractivity contribution in [1.82, 2.24) is 0 Å². The Morgan fingerprint density at radius 1 is 1.18 bits per heavy atom. The van der Waals surface area contributed by atoms with Crippen LogP contribution in [0.15, 0.2) is 29.8 Å². The lowest BCUT2D eigenvalue weighted by Crippen LogP contribution is -1.94. The molecule has 0 radical (unpaired) electrons. The second-order valence-electron chi connectivity index (χ2n) is 4.05. The van der Waals surface area contributed by atoms with Crippen LogP contribution >= 0.6 is 0 Å². The third-order valence-corrected chi connectivity index (χ3v) is 2.70. The van der Waals surface area contributed by atoms with E-state index in [0.29, 0.717) is 5.56 Å². The van der Waals surface area contributed by atoms with Crippen molar-refractivity contribution in [1.29, 1.82) is 5.26 Å². The van der Waals surface area contributed by atoms with Crippen LogP contribution in [-0.2, 0) is 0 Å². The number of allylic oxidation sites excluding steroid dienone is 2. The van der Waals surface area contributed by atoms with Gasteiger partial charge in [0.05, 0.1) is 6.07 Å². The number of nitriles is 1. The summed E-state index contributed by atoms with van der Waals surface area (Å²) in [6, 6.07) is 8.92. The zero-order valence-electron chi connectivity index (χ0n) is 10.5. The van der Waals surface area contributed by atoms with Crippen LogP contribution in [-0.4, -0.2) is 0 Å². The first-order chi connectivity index (χ1) is 8.24. The van der Waals surface area contributed by atoms with E-state index in [1.54, 1.807) is 12.1 Å². The molecule has 2 heteroatoms. The third-order valence-electron chi connectivity index (χ3n) is 2.70. The molecule has 90 valence electrons. The third kappa shape index (κ3) is 3.42. The van der Waals surface area contributed by atoms with Gasteiger partial charge in [-0.1, -0.05) is 44.9 Å². The van der Waals surface area contributed by atoms with Gasteiger partial charge in [0.2, 0.25) is 0 Å². The number of nitrogens with zero attached hydrogens (tertiary/aromatic N) is 1. The van der Waals surface area contributed by atoms with Crippen LogP contribution in [0.3, 0.4) is 0 Å². The lowest BCUT2D eigenvalue weighted by atomic mass is 9.94. The lowest BCUT2D eigenvalue weighted by Gasteiger charge is -2.10. The summed E-state index contributed by atoms with van der Waals surface area (Å²) in [5.74, 6) is -0.236. The van der Waals surface area contributed by atoms with E-state index in [4.69, 9.17) is 0 Å². The molecule has 0 bridgehead atoms. The van der Waals surface area contributed by atoms with Crippen molar-refractivity contribution < 1.29 is 4.39 Å². The van der Waals surface area contributed by atoms with Gasteiger partial charge in [0.1, 0.15) is 5.82 Å². The monoisotopic (exact) mass is 231 g/mol. The first-order valence-corrected chi connectivity index (χ1v) is 6.11. The SMILES string of the molecule is CCC/C(C#N)=C(\CCC)c1ccccc1F. The molecule has 0 aliphatic carbocycles. The molecular formula is C15H18FN. The summed E-state index contributed by atoms with van der Waals surface area (Å²) in [5, 5.41) is 9.18. The summed E-state index contributed by atoms with van der Waals surface area (Å²) in [4.78, 5) is 0. The lowest BCUT2D eigenvalue weighted by molar-refractivity contribution is 0.622. The Labute approximate surface area is 103 Å². The van der Waals surface area contributed by atoms with Crippen molar-refractivity contribution >= 4 is 5.57 Å². The highest BCUT2D eigenvalue weighted by molar-refractivity contribution is 5.72. The van der Waals surface area contributed by atoms with Gasteiger partial charge < -0.3 is 0 Å². The molecule has 1 rings (SSSR count). The molecule has 0 saturated heterocycles. The summed E-state index contributed by atoms with van der Waals surface area (Å²) in [6.45, 7) is 4.07. The standard InChI is InChI=1S/C15H18FN/c1-3-7-12(11-17)13(8-4-2)14-9-5-6-10-15(14)16/h5-6,9-10H,3-4,7-8H2,1-2H3/b13-12-. The van der Waals surface area contributed by atoms with Gasteiger partial charge in [-0.05, 0) is 24.5 Å². The average Bonchev–Trinajstić information content (AvgIpc) is 2.34. The number of halogens is 1. The molecule has 1 nitrogen and oxygen atoms in total. The van der Waals surface area contributed by atoms with Gasteiger partial charge in [0.25, 0.3) is 0 Å². The molecule has 0 saturated carbocycles. The van der Waals surface area contributed by atoms with Gasteiger partial charge in [0.15, 0.2) is 0 Å². The smallest absolute Gasteiger partial charge is 0.130 e. The van der Waals surface area contributed by atoms with E-state index in [-0.39, 0.29) is 5.82 Å². The first kappa shape index (κ1) is 13.4. The summed E-state index contributed by atoms with van der Waals surface area (Å²) < 4.78 is 13.8. The minimum atomic E-state index is -0.236. The highest BCUT2D eigenvalue weighted by Gasteiger charge is 2.11. The Bertz CT molecular complexity index is 440. The van der Waals surface area contributed by atoms with Crippen molar-refractivity contribution in [3.05, 3.63) is 41.2 Å². The van der Waals surface area contributed by atoms with Crippen LogP contribution in [0.2, 0.25) is 0 Å². The van der Waals surface area contributed by atoms with Gasteiger partial charge in [-0.3, -0.25) is 0 Å². The van der Waals surface area contributed by atoms with Crippen molar-refractivity contribution in [2.24, 2.45) is 0 Å². The van der Waals surface area contributed by atoms with E-state index in [0.717, 1.165) is 36.8 Å². The molecule has 0 N–H and O–H groups in total. The van der Waals surface area contributed by atoms with Gasteiger partial charge in [-0.25, -0.2) is 4.39 Å². The molecule has 0 aromatic heterocycles. The van der Waals surface area contributed by atoms with Crippen molar-refractivity contribution in [2.45, 2.75) is 39.5 Å². The minimum absolute atomic E-state index is 0.236. The quantitative estimate of drug-likeness (QED) is 0.673. The normalized spacial score (nSPS) is 11.9. The maximum atomic E-state index is 13.8. The molecule has 0 aliphatic heterocycles. The molecule has 1 aromatic carbocycles. The zero-order valence-corrected chi connectivity index (χ0v) is 10.5. The van der Waals surface area contributed by atoms with E-state index >= 15 is 0 Å². The zero-order chi connectivity index (χ0) is 12.7. The minimum Gasteiger partial charge on any atom is -0.206 e. The molecule has 0 spiro atoms. The molecule has 0 fully saturated rings. The number of hydrogen-bond donors (Lipinski definition) is 0. The van der Waals surface area contributed by atoms with Crippen molar-refractivity contribution in [2.75, 3.05) is 0 Å². The maximum absolute atomic E-state index is 13.8. The van der Waals surface area contributed by atoms with Crippen LogP contribution in [0.1, 0.15) is 45.1 Å². The predicted octanol–water partition coefficient (Wildman–Crippen LogP) is 4.70. The van der Waals surface area contributed by atoms with Crippen LogP contribution in [0, 0.1) is 17.1 Å². The van der Waals surface area contributed by atoms with Crippen LogP contribution in [0.5, 0.6) is 0 Å². The topological polar surface area (TPSA) is 23.8 Å². The molecule has 0 aliphatic rings. The Morgan fingerprint density at radius 3 is 2.35 bits per heavy atom. The Morgan fingerprint density at radius 2 is 1.82 bits per heavy atom. The Hall–Kier alpha value is -1.62. The Kier molecular flexibility index (Phi) is 5.42. The van der Waals surface area contributed by atoms with Crippen molar-refractivity contribution in [3.63, 3.8) is 0 Å². The highest BCUT2D eigenvalue weighted by atomic mass is 19.1. The van der Waals surface area contributed by atoms with Crippen LogP contribution in [0.25, 0.3) is 5.57 Å². The first-order valence-electron chi connectivity index (χ1n) is 6.11. The molecule has 0 amide bonds. The fourth-order valence-electron chi connectivity index (χ4n) is 1.93. The molecule has 0 atom stereocenters. The molecular weight excluding hydrogens is 213 g/mol. The van der Waals surface area contributed by atoms with E-state index in [2.05, 4.69) is 6.07 Å². The van der Waals surface area contributed by atoms with Crippen LogP contribution in [0.4, 0.5) is 4.39 Å².